The molecule has 2 N–H and O–H groups in total. The van der Waals surface area contributed by atoms with E-state index in [1.807, 2.05) is 18.2 Å². The Hall–Kier alpha value is -3.60. The number of carbonyl (C=O) groups excluding carboxylic acids is 2. The molecule has 182 valence electrons. The van der Waals surface area contributed by atoms with Gasteiger partial charge < -0.3 is 10.5 Å². The van der Waals surface area contributed by atoms with Crippen molar-refractivity contribution in [1.82, 2.24) is 4.98 Å². The maximum Gasteiger partial charge on any atom is 0.313 e. The zero-order valence-corrected chi connectivity index (χ0v) is 19.7. The van der Waals surface area contributed by atoms with E-state index in [1.165, 1.54) is 13.8 Å². The Kier molecular flexibility index (Phi) is 6.22. The Bertz CT molecular complexity index is 1220. The second kappa shape index (κ2) is 8.88. The third-order valence-corrected chi connectivity index (χ3v) is 7.79. The number of nitrogens with zero attached hydrogens (tertiary/aromatic N) is 2. The molecule has 0 spiro atoms. The van der Waals surface area contributed by atoms with Gasteiger partial charge in [-0.15, -0.1) is 0 Å². The molecule has 0 radical (unpaired) electrons. The lowest BCUT2D eigenvalue weighted by atomic mass is 9.52. The van der Waals surface area contributed by atoms with Gasteiger partial charge in [-0.05, 0) is 31.1 Å². The second-order valence-corrected chi connectivity index (χ2v) is 9.59. The number of carbonyl (C=O) groups is 2. The van der Waals surface area contributed by atoms with Crippen molar-refractivity contribution in [3.05, 3.63) is 59.9 Å². The summed E-state index contributed by atoms with van der Waals surface area (Å²) in [7, 11) is 0. The van der Waals surface area contributed by atoms with Gasteiger partial charge in [0.25, 0.3) is 5.92 Å². The summed E-state index contributed by atoms with van der Waals surface area (Å²) in [5.74, 6) is -8.36. The molecule has 1 aliphatic carbocycles. The number of alkyl halides is 2. The van der Waals surface area contributed by atoms with Gasteiger partial charge in [0.15, 0.2) is 0 Å². The van der Waals surface area contributed by atoms with E-state index in [0.717, 1.165) is 11.1 Å². The number of esters is 1. The minimum atomic E-state index is -3.20. The van der Waals surface area contributed by atoms with E-state index >= 15 is 8.78 Å². The summed E-state index contributed by atoms with van der Waals surface area (Å²) in [5.41, 5.74) is 6.39. The average molecular weight is 480 g/mol. The third-order valence-electron chi connectivity index (χ3n) is 7.79. The van der Waals surface area contributed by atoms with Crippen LogP contribution in [0.2, 0.25) is 0 Å². The summed E-state index contributed by atoms with van der Waals surface area (Å²) >= 11 is 0. The van der Waals surface area contributed by atoms with Gasteiger partial charge in [-0.25, -0.2) is 8.78 Å². The SMILES string of the molecule is C[C@H](C(N)=O)[C@@]12CC(F)(F)[C@@H](C)[C@H](C=Cc3ccc(-c4ccccc4C#N)cn3)[C@@H]1[C@@H](C)OC2=O. The number of hydrogen-bond acceptors (Lipinski definition) is 5. The molecule has 1 saturated carbocycles. The lowest BCUT2D eigenvalue weighted by Crippen LogP contribution is -2.58. The van der Waals surface area contributed by atoms with Gasteiger partial charge >= 0.3 is 5.97 Å². The van der Waals surface area contributed by atoms with Crippen molar-refractivity contribution in [2.24, 2.45) is 34.8 Å². The molecule has 6 nitrogen and oxygen atoms in total. The lowest BCUT2D eigenvalue weighted by molar-refractivity contribution is -0.182. The fourth-order valence-electron chi connectivity index (χ4n) is 5.76. The van der Waals surface area contributed by atoms with Crippen LogP contribution in [0.1, 0.15) is 38.4 Å². The first-order chi connectivity index (χ1) is 16.5. The monoisotopic (exact) mass is 479 g/mol. The number of allylic oxidation sites excluding steroid dienone is 1. The van der Waals surface area contributed by atoms with E-state index in [1.54, 1.807) is 43.5 Å². The van der Waals surface area contributed by atoms with Gasteiger partial charge in [0.1, 0.15) is 6.10 Å². The van der Waals surface area contributed by atoms with Crippen LogP contribution in [0, 0.1) is 40.4 Å². The minimum absolute atomic E-state index is 0.524. The molecule has 1 saturated heterocycles. The maximum atomic E-state index is 15.3. The van der Waals surface area contributed by atoms with Crippen LogP contribution < -0.4 is 5.73 Å². The number of amides is 1. The normalized spacial score (nSPS) is 30.3. The Balaban J connectivity index is 1.69. The summed E-state index contributed by atoms with van der Waals surface area (Å²) in [4.78, 5) is 29.4. The van der Waals surface area contributed by atoms with Crippen LogP contribution in [-0.4, -0.2) is 28.9 Å². The number of rotatable bonds is 5. The van der Waals surface area contributed by atoms with Crippen LogP contribution in [0.15, 0.2) is 48.7 Å². The van der Waals surface area contributed by atoms with Crippen LogP contribution in [0.3, 0.4) is 0 Å². The summed E-state index contributed by atoms with van der Waals surface area (Å²) in [6, 6.07) is 12.9. The number of pyridine rings is 1. The van der Waals surface area contributed by atoms with Gasteiger partial charge in [-0.3, -0.25) is 14.6 Å². The van der Waals surface area contributed by atoms with Crippen molar-refractivity contribution >= 4 is 18.0 Å². The fraction of sp³-hybridized carbons (Fsp3) is 0.407. The minimum Gasteiger partial charge on any atom is -0.462 e. The number of primary amides is 1. The Morgan fingerprint density at radius 3 is 2.63 bits per heavy atom. The first-order valence-corrected chi connectivity index (χ1v) is 11.5. The number of fused-ring (bicyclic) bond motifs is 1. The van der Waals surface area contributed by atoms with Crippen LogP contribution in [0.4, 0.5) is 8.78 Å². The molecular formula is C27H27F2N3O3. The van der Waals surface area contributed by atoms with Crippen LogP contribution in [0.5, 0.6) is 0 Å². The van der Waals surface area contributed by atoms with Crippen molar-refractivity contribution < 1.29 is 23.1 Å². The van der Waals surface area contributed by atoms with Crippen LogP contribution in [-0.2, 0) is 14.3 Å². The standard InChI is InChI=1S/C27H27F2N3O3/c1-15-21(11-10-20-9-8-19(13-32-20)22-7-5-4-6-18(22)12-30)23-17(3)35-25(34)26(23,14-27(15,28)29)16(2)24(31)33/h4-11,13,15-17,21,23H,14H2,1-3H3,(H2,31,33)/t15-,16+,17+,21-,23-,26-/m0/s1. The number of hydrogen-bond donors (Lipinski definition) is 1. The first kappa shape index (κ1) is 24.5. The molecule has 1 aromatic heterocycles. The third kappa shape index (κ3) is 3.99. The highest BCUT2D eigenvalue weighted by Gasteiger charge is 2.70. The van der Waals surface area contributed by atoms with Crippen molar-refractivity contribution in [3.63, 3.8) is 0 Å². The number of ether oxygens (including phenoxy) is 1. The number of cyclic esters (lactones) is 1. The summed E-state index contributed by atoms with van der Waals surface area (Å²) in [6.07, 6.45) is 3.51. The Labute approximate surface area is 202 Å². The molecular weight excluding hydrogens is 452 g/mol. The van der Waals surface area contributed by atoms with E-state index in [0.29, 0.717) is 11.3 Å². The van der Waals surface area contributed by atoms with Gasteiger partial charge in [-0.1, -0.05) is 44.2 Å². The largest absolute Gasteiger partial charge is 0.462 e. The van der Waals surface area contributed by atoms with Crippen molar-refractivity contribution in [1.29, 1.82) is 5.26 Å². The van der Waals surface area contributed by atoms with Crippen molar-refractivity contribution in [2.75, 3.05) is 0 Å². The Morgan fingerprint density at radius 1 is 1.29 bits per heavy atom. The zero-order chi connectivity index (χ0) is 25.5. The molecule has 0 unspecified atom stereocenters. The zero-order valence-electron chi connectivity index (χ0n) is 19.7. The molecule has 1 aromatic carbocycles. The molecule has 2 heterocycles. The van der Waals surface area contributed by atoms with E-state index in [9.17, 15) is 14.9 Å². The van der Waals surface area contributed by atoms with E-state index in [2.05, 4.69) is 11.1 Å². The van der Waals surface area contributed by atoms with Crippen LogP contribution >= 0.6 is 0 Å². The highest BCUT2D eigenvalue weighted by Crippen LogP contribution is 2.62. The van der Waals surface area contributed by atoms with E-state index < -0.39 is 59.4 Å². The molecule has 8 heteroatoms. The molecule has 4 rings (SSSR count). The van der Waals surface area contributed by atoms with Gasteiger partial charge in [0.2, 0.25) is 5.91 Å². The number of benzene rings is 1. The van der Waals surface area contributed by atoms with Crippen LogP contribution in [0.25, 0.3) is 17.2 Å². The Morgan fingerprint density at radius 2 is 2.00 bits per heavy atom. The number of halogens is 2. The lowest BCUT2D eigenvalue weighted by Gasteiger charge is -2.49. The molecule has 1 amide bonds. The molecule has 35 heavy (non-hydrogen) atoms. The van der Waals surface area contributed by atoms with Crippen molar-refractivity contribution in [3.8, 4) is 17.2 Å². The number of nitrogens with two attached hydrogens (primary N) is 1. The molecule has 6 atom stereocenters. The van der Waals surface area contributed by atoms with Crippen molar-refractivity contribution in [2.45, 2.75) is 39.2 Å². The van der Waals surface area contributed by atoms with Gasteiger partial charge in [0.05, 0.1) is 28.7 Å². The highest BCUT2D eigenvalue weighted by atomic mass is 19.3. The molecule has 2 aliphatic rings. The first-order valence-electron chi connectivity index (χ1n) is 11.5. The molecule has 2 aromatic rings. The van der Waals surface area contributed by atoms with Gasteiger partial charge in [-0.2, -0.15) is 5.26 Å². The van der Waals surface area contributed by atoms with E-state index in [-0.39, 0.29) is 0 Å². The quantitative estimate of drug-likeness (QED) is 0.631. The number of nitriles is 1. The highest BCUT2D eigenvalue weighted by molar-refractivity contribution is 5.89. The predicted molar refractivity (Wildman–Crippen MR) is 125 cm³/mol. The second-order valence-electron chi connectivity index (χ2n) is 9.59. The van der Waals surface area contributed by atoms with Gasteiger partial charge in [0, 0.05) is 35.6 Å². The number of aromatic nitrogens is 1. The summed E-state index contributed by atoms with van der Waals surface area (Å²) in [6.45, 7) is 4.56. The molecule has 0 bridgehead atoms. The molecule has 2 fully saturated rings. The average Bonchev–Trinajstić information content (AvgIpc) is 3.08. The summed E-state index contributed by atoms with van der Waals surface area (Å²) in [5, 5.41) is 9.33. The summed E-state index contributed by atoms with van der Waals surface area (Å²) < 4.78 is 36.0. The van der Waals surface area contributed by atoms with E-state index in [4.69, 9.17) is 10.5 Å². The topological polar surface area (TPSA) is 106 Å². The maximum absolute atomic E-state index is 15.3. The molecule has 1 aliphatic heterocycles. The smallest absolute Gasteiger partial charge is 0.313 e. The predicted octanol–water partition coefficient (Wildman–Crippen LogP) is 4.59. The fourth-order valence-corrected chi connectivity index (χ4v) is 5.76.